The molecule has 3 N–H and O–H groups in total. The topological polar surface area (TPSA) is 98.3 Å². The van der Waals surface area contributed by atoms with Gasteiger partial charge in [-0.2, -0.15) is 0 Å². The molecule has 0 radical (unpaired) electrons. The summed E-state index contributed by atoms with van der Waals surface area (Å²) in [5.41, 5.74) is 6.83. The monoisotopic (exact) mass is 263 g/mol. The molecular weight excluding hydrogens is 246 g/mol. The van der Waals surface area contributed by atoms with E-state index in [1.54, 1.807) is 6.92 Å². The molecule has 1 fully saturated rings. The Morgan fingerprint density at radius 1 is 1.47 bits per heavy atom. The second kappa shape index (κ2) is 5.36. The maximum absolute atomic E-state index is 12.0. The fourth-order valence-corrected chi connectivity index (χ4v) is 2.42. The Labute approximate surface area is 111 Å². The predicted octanol–water partition coefficient (Wildman–Crippen LogP) is 1.51. The number of nitro groups is 1. The Bertz CT molecular complexity index is 516. The molecule has 6 nitrogen and oxygen atoms in total. The van der Waals surface area contributed by atoms with Crippen LogP contribution in [0.4, 0.5) is 5.69 Å². The number of benzene rings is 1. The van der Waals surface area contributed by atoms with Crippen molar-refractivity contribution in [3.8, 4) is 0 Å². The van der Waals surface area contributed by atoms with Gasteiger partial charge in [-0.3, -0.25) is 14.9 Å². The largest absolute Gasteiger partial charge is 0.348 e. The smallest absolute Gasteiger partial charge is 0.272 e. The quantitative estimate of drug-likeness (QED) is 0.638. The molecule has 102 valence electrons. The van der Waals surface area contributed by atoms with Gasteiger partial charge in [-0.1, -0.05) is 0 Å². The SMILES string of the molecule is Cc1cc(C(=O)NC2CCCC2N)ccc1[N+](=O)[O-]. The Hall–Kier alpha value is -1.95. The molecule has 0 aliphatic heterocycles. The molecule has 2 unspecified atom stereocenters. The van der Waals surface area contributed by atoms with Crippen molar-refractivity contribution >= 4 is 11.6 Å². The average molecular weight is 263 g/mol. The van der Waals surface area contributed by atoms with Gasteiger partial charge in [-0.25, -0.2) is 0 Å². The summed E-state index contributed by atoms with van der Waals surface area (Å²) in [6.07, 6.45) is 2.83. The molecule has 0 bridgehead atoms. The lowest BCUT2D eigenvalue weighted by Crippen LogP contribution is -2.43. The third-order valence-electron chi connectivity index (χ3n) is 3.54. The van der Waals surface area contributed by atoms with Crippen molar-refractivity contribution in [3.63, 3.8) is 0 Å². The maximum Gasteiger partial charge on any atom is 0.272 e. The van der Waals surface area contributed by atoms with Crippen LogP contribution in [0.1, 0.15) is 35.2 Å². The predicted molar refractivity (Wildman–Crippen MR) is 70.9 cm³/mol. The molecule has 0 aromatic heterocycles. The van der Waals surface area contributed by atoms with E-state index in [9.17, 15) is 14.9 Å². The first-order chi connectivity index (χ1) is 8.99. The number of carbonyl (C=O) groups is 1. The highest BCUT2D eigenvalue weighted by atomic mass is 16.6. The van der Waals surface area contributed by atoms with Crippen LogP contribution < -0.4 is 11.1 Å². The minimum Gasteiger partial charge on any atom is -0.348 e. The Balaban J connectivity index is 2.11. The molecule has 1 aromatic rings. The third-order valence-corrected chi connectivity index (χ3v) is 3.54. The summed E-state index contributed by atoms with van der Waals surface area (Å²) in [4.78, 5) is 22.3. The second-order valence-electron chi connectivity index (χ2n) is 4.93. The molecule has 0 spiro atoms. The van der Waals surface area contributed by atoms with Crippen LogP contribution in [0.15, 0.2) is 18.2 Å². The lowest BCUT2D eigenvalue weighted by atomic mass is 10.1. The molecule has 1 aliphatic carbocycles. The van der Waals surface area contributed by atoms with Crippen molar-refractivity contribution in [3.05, 3.63) is 39.4 Å². The Morgan fingerprint density at radius 3 is 2.74 bits per heavy atom. The van der Waals surface area contributed by atoms with Crippen molar-refractivity contribution in [1.29, 1.82) is 0 Å². The minimum absolute atomic E-state index is 0.00278. The first-order valence-electron chi connectivity index (χ1n) is 6.30. The van der Waals surface area contributed by atoms with Gasteiger partial charge in [0, 0.05) is 29.3 Å². The Morgan fingerprint density at radius 2 is 2.21 bits per heavy atom. The van der Waals surface area contributed by atoms with Crippen LogP contribution in [0, 0.1) is 17.0 Å². The fourth-order valence-electron chi connectivity index (χ4n) is 2.42. The van der Waals surface area contributed by atoms with Crippen molar-refractivity contribution < 1.29 is 9.72 Å². The lowest BCUT2D eigenvalue weighted by molar-refractivity contribution is -0.385. The molecule has 1 aliphatic rings. The van der Waals surface area contributed by atoms with E-state index in [1.807, 2.05) is 0 Å². The average Bonchev–Trinajstić information content (AvgIpc) is 2.74. The zero-order chi connectivity index (χ0) is 14.0. The summed E-state index contributed by atoms with van der Waals surface area (Å²) in [6, 6.07) is 4.37. The molecule has 2 rings (SSSR count). The number of amides is 1. The van der Waals surface area contributed by atoms with Gasteiger partial charge in [0.1, 0.15) is 0 Å². The zero-order valence-corrected chi connectivity index (χ0v) is 10.8. The number of rotatable bonds is 3. The standard InChI is InChI=1S/C13H17N3O3/c1-8-7-9(5-6-12(8)16(18)19)13(17)15-11-4-2-3-10(11)14/h5-7,10-11H,2-4,14H2,1H3,(H,15,17). The Kier molecular flexibility index (Phi) is 3.80. The number of nitrogens with zero attached hydrogens (tertiary/aromatic N) is 1. The molecule has 1 aromatic carbocycles. The number of nitro benzene ring substituents is 1. The molecule has 0 heterocycles. The van der Waals surface area contributed by atoms with Crippen molar-refractivity contribution in [2.75, 3.05) is 0 Å². The van der Waals surface area contributed by atoms with E-state index in [-0.39, 0.29) is 23.7 Å². The maximum atomic E-state index is 12.0. The molecule has 0 saturated heterocycles. The van der Waals surface area contributed by atoms with E-state index in [0.29, 0.717) is 11.1 Å². The summed E-state index contributed by atoms with van der Waals surface area (Å²) in [7, 11) is 0. The number of carbonyl (C=O) groups excluding carboxylic acids is 1. The summed E-state index contributed by atoms with van der Waals surface area (Å²) >= 11 is 0. The van der Waals surface area contributed by atoms with E-state index in [4.69, 9.17) is 5.73 Å². The van der Waals surface area contributed by atoms with Gasteiger partial charge in [0.15, 0.2) is 0 Å². The van der Waals surface area contributed by atoms with Crippen LogP contribution >= 0.6 is 0 Å². The van der Waals surface area contributed by atoms with Gasteiger partial charge in [-0.15, -0.1) is 0 Å². The summed E-state index contributed by atoms with van der Waals surface area (Å²) in [6.45, 7) is 1.62. The van der Waals surface area contributed by atoms with Gasteiger partial charge >= 0.3 is 0 Å². The lowest BCUT2D eigenvalue weighted by Gasteiger charge is -2.17. The molecular formula is C13H17N3O3. The van der Waals surface area contributed by atoms with Crippen LogP contribution in [0.25, 0.3) is 0 Å². The van der Waals surface area contributed by atoms with Crippen LogP contribution in [-0.2, 0) is 0 Å². The van der Waals surface area contributed by atoms with Gasteiger partial charge in [0.25, 0.3) is 11.6 Å². The molecule has 1 saturated carbocycles. The third kappa shape index (κ3) is 2.90. The second-order valence-corrected chi connectivity index (χ2v) is 4.93. The van der Waals surface area contributed by atoms with E-state index >= 15 is 0 Å². The van der Waals surface area contributed by atoms with Gasteiger partial charge in [-0.05, 0) is 38.3 Å². The van der Waals surface area contributed by atoms with Crippen molar-refractivity contribution in [1.82, 2.24) is 5.32 Å². The van der Waals surface area contributed by atoms with Crippen molar-refractivity contribution in [2.45, 2.75) is 38.3 Å². The van der Waals surface area contributed by atoms with Gasteiger partial charge in [0.05, 0.1) is 4.92 Å². The summed E-state index contributed by atoms with van der Waals surface area (Å²) < 4.78 is 0. The van der Waals surface area contributed by atoms with Gasteiger partial charge < -0.3 is 11.1 Å². The summed E-state index contributed by atoms with van der Waals surface area (Å²) in [5.74, 6) is -0.222. The van der Waals surface area contributed by atoms with Gasteiger partial charge in [0.2, 0.25) is 0 Å². The van der Waals surface area contributed by atoms with E-state index < -0.39 is 4.92 Å². The highest BCUT2D eigenvalue weighted by Gasteiger charge is 2.26. The number of nitrogens with two attached hydrogens (primary N) is 1. The highest BCUT2D eigenvalue weighted by molar-refractivity contribution is 5.95. The van der Waals surface area contributed by atoms with E-state index in [0.717, 1.165) is 19.3 Å². The van der Waals surface area contributed by atoms with Crippen molar-refractivity contribution in [2.24, 2.45) is 5.73 Å². The van der Waals surface area contributed by atoms with E-state index in [1.165, 1.54) is 18.2 Å². The number of hydrogen-bond acceptors (Lipinski definition) is 4. The number of nitrogens with one attached hydrogen (secondary N) is 1. The first kappa shape index (κ1) is 13.5. The zero-order valence-electron chi connectivity index (χ0n) is 10.8. The number of aryl methyl sites for hydroxylation is 1. The van der Waals surface area contributed by atoms with Crippen LogP contribution in [0.3, 0.4) is 0 Å². The first-order valence-corrected chi connectivity index (χ1v) is 6.30. The van der Waals surface area contributed by atoms with Crippen LogP contribution in [0.5, 0.6) is 0 Å². The minimum atomic E-state index is -0.454. The normalized spacial score (nSPS) is 22.2. The highest BCUT2D eigenvalue weighted by Crippen LogP contribution is 2.20. The van der Waals surface area contributed by atoms with E-state index in [2.05, 4.69) is 5.32 Å². The van der Waals surface area contributed by atoms with Crippen LogP contribution in [-0.4, -0.2) is 22.9 Å². The van der Waals surface area contributed by atoms with Crippen LogP contribution in [0.2, 0.25) is 0 Å². The molecule has 1 amide bonds. The molecule has 2 atom stereocenters. The summed E-state index contributed by atoms with van der Waals surface area (Å²) in [5, 5.41) is 13.6. The molecule has 6 heteroatoms. The number of hydrogen-bond donors (Lipinski definition) is 2. The fraction of sp³-hybridized carbons (Fsp3) is 0.462. The molecule has 19 heavy (non-hydrogen) atoms.